The Morgan fingerprint density at radius 3 is 1.60 bits per heavy atom. The molecule has 0 heterocycles. The van der Waals surface area contributed by atoms with Gasteiger partial charge in [0.05, 0.1) is 0 Å². The lowest BCUT2D eigenvalue weighted by Gasteiger charge is -2.19. The Balaban J connectivity index is 3.38. The van der Waals surface area contributed by atoms with Crippen LogP contribution >= 0.6 is 0 Å². The van der Waals surface area contributed by atoms with E-state index in [-0.39, 0.29) is 0 Å². The van der Waals surface area contributed by atoms with Crippen molar-refractivity contribution in [2.24, 2.45) is 0 Å². The topological polar surface area (TPSA) is 15.3 Å². The molecule has 0 spiro atoms. The molecular weight excluding hydrogens is 304 g/mol. The first-order chi connectivity index (χ1) is 12.2. The highest BCUT2D eigenvalue weighted by Crippen LogP contribution is 2.14. The summed E-state index contributed by atoms with van der Waals surface area (Å²) < 4.78 is 0. The third-order valence-electron chi connectivity index (χ3n) is 5.26. The van der Waals surface area contributed by atoms with Gasteiger partial charge in [0.1, 0.15) is 0 Å². The zero-order chi connectivity index (χ0) is 18.6. The van der Waals surface area contributed by atoms with Crippen LogP contribution in [0.1, 0.15) is 117 Å². The van der Waals surface area contributed by atoms with E-state index >= 15 is 0 Å². The van der Waals surface area contributed by atoms with Crippen molar-refractivity contribution >= 4 is 0 Å². The van der Waals surface area contributed by atoms with Gasteiger partial charge in [-0.1, -0.05) is 97.3 Å². The van der Waals surface area contributed by atoms with Crippen molar-refractivity contribution < 1.29 is 0 Å². The molecule has 0 radical (unpaired) electrons. The van der Waals surface area contributed by atoms with Gasteiger partial charge >= 0.3 is 0 Å². The van der Waals surface area contributed by atoms with E-state index in [4.69, 9.17) is 0 Å². The average Bonchev–Trinajstić information content (AvgIpc) is 2.59. The van der Waals surface area contributed by atoms with Crippen molar-refractivity contribution in [1.29, 1.82) is 0 Å². The molecule has 0 aliphatic rings. The zero-order valence-corrected chi connectivity index (χ0v) is 18.3. The number of hydrogen-bond donors (Lipinski definition) is 1. The van der Waals surface area contributed by atoms with E-state index in [0.717, 1.165) is 6.04 Å². The van der Waals surface area contributed by atoms with Crippen LogP contribution in [0.4, 0.5) is 0 Å². The van der Waals surface area contributed by atoms with Gasteiger partial charge in [-0.2, -0.15) is 0 Å². The summed E-state index contributed by atoms with van der Waals surface area (Å²) in [6.45, 7) is 6.99. The van der Waals surface area contributed by atoms with Gasteiger partial charge in [0.15, 0.2) is 0 Å². The van der Waals surface area contributed by atoms with E-state index in [9.17, 15) is 0 Å². The maximum absolute atomic E-state index is 3.79. The van der Waals surface area contributed by atoms with Gasteiger partial charge < -0.3 is 10.2 Å². The molecule has 1 unspecified atom stereocenters. The van der Waals surface area contributed by atoms with E-state index in [1.165, 1.54) is 116 Å². The molecule has 0 saturated heterocycles. The quantitative estimate of drug-likeness (QED) is 0.242. The molecule has 25 heavy (non-hydrogen) atoms. The highest BCUT2D eigenvalue weighted by molar-refractivity contribution is 4.67. The number of rotatable bonds is 20. The Kier molecular flexibility index (Phi) is 20.2. The van der Waals surface area contributed by atoms with E-state index < -0.39 is 0 Å². The molecule has 0 aromatic heterocycles. The molecule has 2 nitrogen and oxygen atoms in total. The van der Waals surface area contributed by atoms with Gasteiger partial charge in [-0.3, -0.25) is 0 Å². The molecule has 1 atom stereocenters. The minimum Gasteiger partial charge on any atom is -0.314 e. The molecule has 152 valence electrons. The second-order valence-corrected chi connectivity index (χ2v) is 8.27. The molecule has 0 bridgehead atoms. The smallest absolute Gasteiger partial charge is 0.00669 e. The lowest BCUT2D eigenvalue weighted by molar-refractivity contribution is 0.372. The minimum absolute atomic E-state index is 0.760. The molecule has 0 aromatic rings. The van der Waals surface area contributed by atoms with Gasteiger partial charge in [-0.05, 0) is 46.4 Å². The molecule has 0 aliphatic carbocycles. The molecule has 0 aromatic carbocycles. The summed E-state index contributed by atoms with van der Waals surface area (Å²) in [6, 6.07) is 0.760. The summed E-state index contributed by atoms with van der Waals surface area (Å²) in [4.78, 5) is 2.28. The predicted molar refractivity (Wildman–Crippen MR) is 116 cm³/mol. The first-order valence-corrected chi connectivity index (χ1v) is 11.6. The molecule has 0 aliphatic heterocycles. The standard InChI is InChI=1S/C23H50N2/c1-5-7-8-9-10-11-12-13-14-15-16-17-20-23(19-6-2)24-21-18-22-25(3)4/h23-24H,5-22H2,1-4H3. The highest BCUT2D eigenvalue weighted by atomic mass is 15.1. The molecule has 0 saturated carbocycles. The molecular formula is C23H50N2. The van der Waals surface area contributed by atoms with Crippen molar-refractivity contribution in [3.8, 4) is 0 Å². The van der Waals surface area contributed by atoms with Crippen LogP contribution < -0.4 is 5.32 Å². The molecule has 2 heteroatoms. The van der Waals surface area contributed by atoms with Crippen LogP contribution in [0.2, 0.25) is 0 Å². The van der Waals surface area contributed by atoms with Crippen LogP contribution in [-0.2, 0) is 0 Å². The number of hydrogen-bond acceptors (Lipinski definition) is 2. The van der Waals surface area contributed by atoms with Gasteiger partial charge in [-0.15, -0.1) is 0 Å². The van der Waals surface area contributed by atoms with Gasteiger partial charge in [-0.25, -0.2) is 0 Å². The van der Waals surface area contributed by atoms with E-state index in [1.54, 1.807) is 0 Å². The fraction of sp³-hybridized carbons (Fsp3) is 1.00. The lowest BCUT2D eigenvalue weighted by Crippen LogP contribution is -2.31. The van der Waals surface area contributed by atoms with Crippen molar-refractivity contribution in [3.63, 3.8) is 0 Å². The summed E-state index contributed by atoms with van der Waals surface area (Å²) in [6.07, 6.45) is 22.7. The summed E-state index contributed by atoms with van der Waals surface area (Å²) in [5, 5.41) is 3.79. The minimum atomic E-state index is 0.760. The highest BCUT2D eigenvalue weighted by Gasteiger charge is 2.06. The maximum atomic E-state index is 3.79. The van der Waals surface area contributed by atoms with Crippen molar-refractivity contribution in [2.45, 2.75) is 123 Å². The van der Waals surface area contributed by atoms with Crippen LogP contribution in [0.5, 0.6) is 0 Å². The normalized spacial score (nSPS) is 12.8. The molecule has 1 N–H and O–H groups in total. The van der Waals surface area contributed by atoms with Crippen LogP contribution in [-0.4, -0.2) is 38.1 Å². The summed E-state index contributed by atoms with van der Waals surface area (Å²) in [5.74, 6) is 0. The van der Waals surface area contributed by atoms with Gasteiger partial charge in [0.25, 0.3) is 0 Å². The summed E-state index contributed by atoms with van der Waals surface area (Å²) >= 11 is 0. The Morgan fingerprint density at radius 1 is 0.600 bits per heavy atom. The Labute approximate surface area is 160 Å². The monoisotopic (exact) mass is 354 g/mol. The van der Waals surface area contributed by atoms with E-state index in [2.05, 4.69) is 38.2 Å². The van der Waals surface area contributed by atoms with Crippen LogP contribution in [0, 0.1) is 0 Å². The van der Waals surface area contributed by atoms with Crippen molar-refractivity contribution in [3.05, 3.63) is 0 Å². The zero-order valence-electron chi connectivity index (χ0n) is 18.3. The largest absolute Gasteiger partial charge is 0.314 e. The fourth-order valence-corrected chi connectivity index (χ4v) is 3.63. The average molecular weight is 355 g/mol. The van der Waals surface area contributed by atoms with Crippen LogP contribution in [0.25, 0.3) is 0 Å². The van der Waals surface area contributed by atoms with Crippen LogP contribution in [0.15, 0.2) is 0 Å². The van der Waals surface area contributed by atoms with Gasteiger partial charge in [0.2, 0.25) is 0 Å². The second-order valence-electron chi connectivity index (χ2n) is 8.27. The SMILES string of the molecule is CCCCCCCCCCCCCCC(CCC)NCCCN(C)C. The van der Waals surface area contributed by atoms with E-state index in [1.807, 2.05) is 0 Å². The van der Waals surface area contributed by atoms with E-state index in [0.29, 0.717) is 0 Å². The lowest BCUT2D eigenvalue weighted by atomic mass is 10.0. The third kappa shape index (κ3) is 20.1. The fourth-order valence-electron chi connectivity index (χ4n) is 3.63. The van der Waals surface area contributed by atoms with Gasteiger partial charge in [0, 0.05) is 6.04 Å². The number of nitrogens with zero attached hydrogens (tertiary/aromatic N) is 1. The molecule has 0 amide bonds. The Morgan fingerprint density at radius 2 is 1.12 bits per heavy atom. The van der Waals surface area contributed by atoms with Crippen molar-refractivity contribution in [2.75, 3.05) is 27.2 Å². The predicted octanol–water partition coefficient (Wildman–Crippen LogP) is 6.79. The first kappa shape index (κ1) is 24.9. The Hall–Kier alpha value is -0.0800. The molecule has 0 rings (SSSR count). The molecule has 0 fully saturated rings. The Bertz CT molecular complexity index is 240. The third-order valence-corrected chi connectivity index (χ3v) is 5.26. The first-order valence-electron chi connectivity index (χ1n) is 11.6. The number of nitrogens with one attached hydrogen (secondary N) is 1. The summed E-state index contributed by atoms with van der Waals surface area (Å²) in [5.41, 5.74) is 0. The maximum Gasteiger partial charge on any atom is 0.00669 e. The second kappa shape index (κ2) is 20.2. The number of unbranched alkanes of at least 4 members (excludes halogenated alkanes) is 11. The van der Waals surface area contributed by atoms with Crippen molar-refractivity contribution in [1.82, 2.24) is 10.2 Å². The van der Waals surface area contributed by atoms with Crippen LogP contribution in [0.3, 0.4) is 0 Å². The summed E-state index contributed by atoms with van der Waals surface area (Å²) in [7, 11) is 4.33.